The number of fused-ring (bicyclic) bond motifs is 1. The number of rotatable bonds is 5. The van der Waals surface area contributed by atoms with E-state index in [2.05, 4.69) is 10.3 Å². The van der Waals surface area contributed by atoms with Crippen LogP contribution in [0, 0.1) is 5.82 Å². The molecule has 124 valence electrons. The van der Waals surface area contributed by atoms with E-state index < -0.39 is 5.60 Å². The molecule has 24 heavy (non-hydrogen) atoms. The fourth-order valence-electron chi connectivity index (χ4n) is 2.46. The zero-order valence-electron chi connectivity index (χ0n) is 13.4. The SMILES string of the molecule is COC(C)(CNC(=O)c1nc2ccccc2s1)c1ccccc1F. The zero-order valence-corrected chi connectivity index (χ0v) is 14.2. The van der Waals surface area contributed by atoms with Gasteiger partial charge in [-0.2, -0.15) is 0 Å². The van der Waals surface area contributed by atoms with Crippen LogP contribution in [0.2, 0.25) is 0 Å². The van der Waals surface area contributed by atoms with Crippen LogP contribution >= 0.6 is 11.3 Å². The van der Waals surface area contributed by atoms with E-state index in [0.29, 0.717) is 10.6 Å². The van der Waals surface area contributed by atoms with Crippen LogP contribution in [0.1, 0.15) is 22.3 Å². The number of benzene rings is 2. The molecule has 0 radical (unpaired) electrons. The van der Waals surface area contributed by atoms with Gasteiger partial charge in [-0.1, -0.05) is 30.3 Å². The number of nitrogens with one attached hydrogen (secondary N) is 1. The summed E-state index contributed by atoms with van der Waals surface area (Å²) in [6.45, 7) is 1.88. The van der Waals surface area contributed by atoms with Crippen molar-refractivity contribution in [2.45, 2.75) is 12.5 Å². The van der Waals surface area contributed by atoms with Crippen molar-refractivity contribution in [3.05, 3.63) is 64.9 Å². The van der Waals surface area contributed by atoms with E-state index in [1.54, 1.807) is 25.1 Å². The Bertz CT molecular complexity index is 847. The number of ether oxygens (including phenoxy) is 1. The van der Waals surface area contributed by atoms with Crippen LogP contribution in [0.4, 0.5) is 4.39 Å². The van der Waals surface area contributed by atoms with E-state index in [-0.39, 0.29) is 18.3 Å². The lowest BCUT2D eigenvalue weighted by atomic mass is 9.95. The fourth-order valence-corrected chi connectivity index (χ4v) is 3.34. The Morgan fingerprint density at radius 3 is 2.67 bits per heavy atom. The summed E-state index contributed by atoms with van der Waals surface area (Å²) < 4.78 is 20.5. The Hall–Kier alpha value is -2.31. The first kappa shape index (κ1) is 16.5. The predicted octanol–water partition coefficient (Wildman–Crippen LogP) is 3.73. The van der Waals surface area contributed by atoms with Crippen LogP contribution in [-0.4, -0.2) is 24.5 Å². The predicted molar refractivity (Wildman–Crippen MR) is 92.7 cm³/mol. The molecular weight excluding hydrogens is 327 g/mol. The van der Waals surface area contributed by atoms with Crippen LogP contribution < -0.4 is 5.32 Å². The minimum absolute atomic E-state index is 0.138. The van der Waals surface area contributed by atoms with Gasteiger partial charge in [-0.05, 0) is 25.1 Å². The maximum atomic E-state index is 14.1. The van der Waals surface area contributed by atoms with Crippen molar-refractivity contribution in [1.29, 1.82) is 0 Å². The standard InChI is InChI=1S/C18H17FN2O2S/c1-18(23-2,12-7-3-4-8-13(12)19)11-20-16(22)17-21-14-9-5-6-10-15(14)24-17/h3-10H,11H2,1-2H3,(H,20,22). The lowest BCUT2D eigenvalue weighted by Gasteiger charge is -2.29. The number of aromatic nitrogens is 1. The van der Waals surface area contributed by atoms with Gasteiger partial charge < -0.3 is 10.1 Å². The minimum Gasteiger partial charge on any atom is -0.372 e. The Balaban J connectivity index is 1.77. The second-order valence-electron chi connectivity index (χ2n) is 5.58. The molecule has 0 saturated heterocycles. The molecule has 0 aliphatic heterocycles. The smallest absolute Gasteiger partial charge is 0.280 e. The number of halogens is 1. The Morgan fingerprint density at radius 1 is 1.25 bits per heavy atom. The first-order valence-corrected chi connectivity index (χ1v) is 8.29. The number of hydrogen-bond donors (Lipinski definition) is 1. The van der Waals surface area contributed by atoms with Gasteiger partial charge in [0.25, 0.3) is 5.91 Å². The third kappa shape index (κ3) is 3.16. The maximum absolute atomic E-state index is 14.1. The highest BCUT2D eigenvalue weighted by atomic mass is 32.1. The molecule has 6 heteroatoms. The van der Waals surface area contributed by atoms with E-state index in [4.69, 9.17) is 4.74 Å². The summed E-state index contributed by atoms with van der Waals surface area (Å²) in [5.41, 5.74) is 0.228. The van der Waals surface area contributed by atoms with Crippen molar-refractivity contribution in [2.75, 3.05) is 13.7 Å². The molecule has 3 rings (SSSR count). The molecule has 0 bridgehead atoms. The van der Waals surface area contributed by atoms with Crippen molar-refractivity contribution in [3.8, 4) is 0 Å². The summed E-state index contributed by atoms with van der Waals surface area (Å²) in [6.07, 6.45) is 0. The molecule has 2 aromatic carbocycles. The average molecular weight is 344 g/mol. The molecule has 0 fully saturated rings. The minimum atomic E-state index is -0.961. The molecule has 0 aliphatic carbocycles. The molecule has 1 amide bonds. The summed E-state index contributed by atoms with van der Waals surface area (Å²) in [7, 11) is 1.50. The summed E-state index contributed by atoms with van der Waals surface area (Å²) in [6, 6.07) is 14.0. The monoisotopic (exact) mass is 344 g/mol. The molecule has 1 aromatic heterocycles. The molecule has 3 aromatic rings. The van der Waals surface area contributed by atoms with Crippen LogP contribution in [0.5, 0.6) is 0 Å². The van der Waals surface area contributed by atoms with Crippen LogP contribution in [-0.2, 0) is 10.3 Å². The first-order valence-electron chi connectivity index (χ1n) is 7.47. The van der Waals surface area contributed by atoms with Gasteiger partial charge in [0.05, 0.1) is 16.8 Å². The molecular formula is C18H17FN2O2S. The van der Waals surface area contributed by atoms with Crippen molar-refractivity contribution >= 4 is 27.5 Å². The highest BCUT2D eigenvalue weighted by Gasteiger charge is 2.30. The van der Waals surface area contributed by atoms with Gasteiger partial charge >= 0.3 is 0 Å². The van der Waals surface area contributed by atoms with E-state index in [1.165, 1.54) is 24.5 Å². The van der Waals surface area contributed by atoms with Crippen LogP contribution in [0.3, 0.4) is 0 Å². The number of carbonyl (C=O) groups excluding carboxylic acids is 1. The van der Waals surface area contributed by atoms with E-state index in [9.17, 15) is 9.18 Å². The number of carbonyl (C=O) groups is 1. The molecule has 0 saturated carbocycles. The highest BCUT2D eigenvalue weighted by molar-refractivity contribution is 7.20. The summed E-state index contributed by atoms with van der Waals surface area (Å²) in [5.74, 6) is -0.660. The second-order valence-corrected chi connectivity index (χ2v) is 6.61. The van der Waals surface area contributed by atoms with Crippen LogP contribution in [0.25, 0.3) is 10.2 Å². The largest absolute Gasteiger partial charge is 0.372 e. The van der Waals surface area contributed by atoms with Gasteiger partial charge in [0.1, 0.15) is 11.4 Å². The Labute approximate surface area is 143 Å². The number of thiazole rings is 1. The van der Waals surface area contributed by atoms with Crippen molar-refractivity contribution in [2.24, 2.45) is 0 Å². The lowest BCUT2D eigenvalue weighted by Crippen LogP contribution is -2.40. The molecule has 1 N–H and O–H groups in total. The van der Waals surface area contributed by atoms with Gasteiger partial charge in [0.2, 0.25) is 0 Å². The van der Waals surface area contributed by atoms with Crippen LogP contribution in [0.15, 0.2) is 48.5 Å². The van der Waals surface area contributed by atoms with Gasteiger partial charge in [-0.25, -0.2) is 9.37 Å². The third-order valence-electron chi connectivity index (χ3n) is 3.97. The topological polar surface area (TPSA) is 51.2 Å². The summed E-state index contributed by atoms with van der Waals surface area (Å²) >= 11 is 1.32. The van der Waals surface area contributed by atoms with E-state index >= 15 is 0 Å². The Morgan fingerprint density at radius 2 is 1.96 bits per heavy atom. The fraction of sp³-hybridized carbons (Fsp3) is 0.222. The molecule has 1 unspecified atom stereocenters. The first-order chi connectivity index (χ1) is 11.5. The number of nitrogens with zero attached hydrogens (tertiary/aromatic N) is 1. The van der Waals surface area contributed by atoms with Gasteiger partial charge in [-0.3, -0.25) is 4.79 Å². The van der Waals surface area contributed by atoms with Gasteiger partial charge in [-0.15, -0.1) is 11.3 Å². The number of methoxy groups -OCH3 is 1. The number of para-hydroxylation sites is 1. The molecule has 0 aliphatic rings. The van der Waals surface area contributed by atoms with E-state index in [1.807, 2.05) is 24.3 Å². The maximum Gasteiger partial charge on any atom is 0.280 e. The quantitative estimate of drug-likeness (QED) is 0.767. The van der Waals surface area contributed by atoms with Gasteiger partial charge in [0, 0.05) is 12.7 Å². The Kier molecular flexibility index (Phi) is 4.59. The zero-order chi connectivity index (χ0) is 17.2. The van der Waals surface area contributed by atoms with Crippen molar-refractivity contribution in [1.82, 2.24) is 10.3 Å². The average Bonchev–Trinajstić information content (AvgIpc) is 3.04. The van der Waals surface area contributed by atoms with Gasteiger partial charge in [0.15, 0.2) is 5.01 Å². The van der Waals surface area contributed by atoms with Crippen molar-refractivity contribution in [3.63, 3.8) is 0 Å². The van der Waals surface area contributed by atoms with E-state index in [0.717, 1.165) is 10.2 Å². The molecule has 4 nitrogen and oxygen atoms in total. The lowest BCUT2D eigenvalue weighted by molar-refractivity contribution is 0.000389. The normalized spacial score (nSPS) is 13.6. The molecule has 0 spiro atoms. The summed E-state index contributed by atoms with van der Waals surface area (Å²) in [5, 5.41) is 3.17. The third-order valence-corrected chi connectivity index (χ3v) is 5.00. The highest BCUT2D eigenvalue weighted by Crippen LogP contribution is 2.27. The number of hydrogen-bond acceptors (Lipinski definition) is 4. The summed E-state index contributed by atoms with van der Waals surface area (Å²) in [4.78, 5) is 16.7. The second kappa shape index (κ2) is 6.67. The molecule has 1 atom stereocenters. The molecule has 1 heterocycles. The van der Waals surface area contributed by atoms with Crippen molar-refractivity contribution < 1.29 is 13.9 Å². The number of amides is 1.